The average Bonchev–Trinajstić information content (AvgIpc) is 2.98. The van der Waals surface area contributed by atoms with Gasteiger partial charge in [0.15, 0.2) is 5.78 Å². The quantitative estimate of drug-likeness (QED) is 0.0529. The number of aromatic hydroxyl groups is 2. The number of carbonyl (C=O) groups excluding carboxylic acids is 1. The van der Waals surface area contributed by atoms with E-state index in [9.17, 15) is 45.7 Å². The van der Waals surface area contributed by atoms with Crippen molar-refractivity contribution in [2.24, 2.45) is 20.5 Å². The number of phenolic OH excluding ortho intramolecular Hbond substituents is 1. The predicted molar refractivity (Wildman–Crippen MR) is 163 cm³/mol. The molecule has 0 saturated heterocycles. The Hall–Kier alpha value is -5.62. The van der Waals surface area contributed by atoms with E-state index >= 15 is 0 Å². The molecule has 236 valence electrons. The smallest absolute Gasteiger partial charge is 0.339 e. The van der Waals surface area contributed by atoms with E-state index in [2.05, 4.69) is 20.5 Å². The van der Waals surface area contributed by atoms with Crippen molar-refractivity contribution in [3.8, 4) is 11.5 Å². The van der Waals surface area contributed by atoms with Gasteiger partial charge in [-0.25, -0.2) is 4.79 Å². The topological polar surface area (TPSA) is 253 Å². The molecule has 0 aliphatic heterocycles. The van der Waals surface area contributed by atoms with E-state index < -0.39 is 53.1 Å². The van der Waals surface area contributed by atoms with Crippen LogP contribution in [-0.4, -0.2) is 53.0 Å². The van der Waals surface area contributed by atoms with Crippen LogP contribution in [0.2, 0.25) is 0 Å². The van der Waals surface area contributed by atoms with Gasteiger partial charge in [0.25, 0.3) is 20.2 Å². The van der Waals surface area contributed by atoms with Crippen LogP contribution in [0.15, 0.2) is 103 Å². The fourth-order valence-electron chi connectivity index (χ4n) is 3.93. The van der Waals surface area contributed by atoms with E-state index in [1.807, 2.05) is 0 Å². The lowest BCUT2D eigenvalue weighted by Gasteiger charge is -2.06. The molecule has 0 atom stereocenters. The van der Waals surface area contributed by atoms with Gasteiger partial charge in [-0.3, -0.25) is 13.9 Å². The zero-order chi connectivity index (χ0) is 33.8. The molecule has 0 saturated carbocycles. The summed E-state index contributed by atoms with van der Waals surface area (Å²) in [4.78, 5) is 21.6. The van der Waals surface area contributed by atoms with Crippen LogP contribution < -0.4 is 0 Å². The number of hydrogen-bond donors (Lipinski definition) is 5. The van der Waals surface area contributed by atoms with E-state index in [1.165, 1.54) is 55.5 Å². The Balaban J connectivity index is 1.66. The summed E-state index contributed by atoms with van der Waals surface area (Å²) >= 11 is 0. The van der Waals surface area contributed by atoms with Crippen LogP contribution in [0.25, 0.3) is 12.2 Å². The lowest BCUT2D eigenvalue weighted by atomic mass is 10.1. The fourth-order valence-corrected chi connectivity index (χ4v) is 5.34. The lowest BCUT2D eigenvalue weighted by molar-refractivity contribution is 0.0693. The Bertz CT molecular complexity index is 2040. The summed E-state index contributed by atoms with van der Waals surface area (Å²) in [5.41, 5.74) is -0.494. The van der Waals surface area contributed by atoms with Crippen molar-refractivity contribution < 1.29 is 50.8 Å². The molecule has 0 radical (unpaired) electrons. The number of rotatable bonds is 10. The minimum atomic E-state index is -4.85. The van der Waals surface area contributed by atoms with Crippen molar-refractivity contribution in [2.75, 3.05) is 0 Å². The molecule has 0 unspecified atom stereocenters. The molecule has 0 aliphatic carbocycles. The van der Waals surface area contributed by atoms with Gasteiger partial charge in [0.2, 0.25) is 0 Å². The number of nitrogens with zero attached hydrogens (tertiary/aromatic N) is 4. The van der Waals surface area contributed by atoms with Gasteiger partial charge in [0.05, 0.1) is 28.3 Å². The summed E-state index contributed by atoms with van der Waals surface area (Å²) in [6.07, 6.45) is 2.33. The van der Waals surface area contributed by atoms with Crippen LogP contribution in [0.5, 0.6) is 11.5 Å². The van der Waals surface area contributed by atoms with Crippen LogP contribution in [-0.2, 0) is 20.2 Å². The van der Waals surface area contributed by atoms with Crippen molar-refractivity contribution in [1.29, 1.82) is 0 Å². The summed E-state index contributed by atoms with van der Waals surface area (Å²) in [6, 6.07) is 14.4. The van der Waals surface area contributed by atoms with Gasteiger partial charge >= 0.3 is 5.97 Å². The molecular formula is C29H22N4O11S2. The second kappa shape index (κ2) is 13.2. The minimum absolute atomic E-state index is 0.00240. The third-order valence-corrected chi connectivity index (χ3v) is 7.94. The molecule has 5 N–H and O–H groups in total. The summed E-state index contributed by atoms with van der Waals surface area (Å²) in [5, 5.41) is 44.0. The molecule has 0 fully saturated rings. The highest BCUT2D eigenvalue weighted by molar-refractivity contribution is 7.86. The fraction of sp³-hybridized carbons (Fsp3) is 0.0345. The number of carboxylic acid groups (broad SMARTS) is 1. The number of Topliss-reactive ketones (excluding diaryl/α,β-unsaturated/α-hetero) is 1. The molecule has 0 heterocycles. The number of ketones is 1. The van der Waals surface area contributed by atoms with Gasteiger partial charge in [-0.05, 0) is 78.7 Å². The Morgan fingerprint density at radius 1 is 0.587 bits per heavy atom. The highest BCUT2D eigenvalue weighted by atomic mass is 32.2. The van der Waals surface area contributed by atoms with E-state index in [4.69, 9.17) is 5.11 Å². The number of benzene rings is 4. The normalized spacial score (nSPS) is 12.3. The number of azo groups is 2. The monoisotopic (exact) mass is 666 g/mol. The van der Waals surface area contributed by atoms with E-state index in [0.29, 0.717) is 0 Å². The molecule has 0 bridgehead atoms. The first-order chi connectivity index (χ1) is 21.5. The molecule has 4 aromatic rings. The second-order valence-electron chi connectivity index (χ2n) is 9.39. The van der Waals surface area contributed by atoms with Crippen LogP contribution in [0.3, 0.4) is 0 Å². The first kappa shape index (κ1) is 33.3. The lowest BCUT2D eigenvalue weighted by Crippen LogP contribution is -2.01. The Morgan fingerprint density at radius 2 is 0.935 bits per heavy atom. The van der Waals surface area contributed by atoms with Gasteiger partial charge in [0.1, 0.15) is 26.9 Å². The third-order valence-electron chi connectivity index (χ3n) is 6.12. The molecule has 46 heavy (non-hydrogen) atoms. The number of aromatic carboxylic acids is 1. The Morgan fingerprint density at radius 3 is 1.30 bits per heavy atom. The Labute approximate surface area is 261 Å². The first-order valence-corrected chi connectivity index (χ1v) is 15.6. The zero-order valence-electron chi connectivity index (χ0n) is 23.4. The van der Waals surface area contributed by atoms with Crippen LogP contribution in [0.4, 0.5) is 22.7 Å². The molecule has 0 spiro atoms. The van der Waals surface area contributed by atoms with E-state index in [1.54, 1.807) is 0 Å². The molecule has 4 aromatic carbocycles. The molecule has 15 nitrogen and oxygen atoms in total. The zero-order valence-corrected chi connectivity index (χ0v) is 25.0. The minimum Gasteiger partial charge on any atom is -0.507 e. The van der Waals surface area contributed by atoms with Crippen LogP contribution >= 0.6 is 0 Å². The molecule has 0 aliphatic rings. The average molecular weight is 667 g/mol. The van der Waals surface area contributed by atoms with Crippen LogP contribution in [0, 0.1) is 0 Å². The third kappa shape index (κ3) is 8.10. The summed E-state index contributed by atoms with van der Waals surface area (Å²) in [6.45, 7) is 1.25. The van der Waals surface area contributed by atoms with Gasteiger partial charge in [-0.15, -0.1) is 0 Å². The van der Waals surface area contributed by atoms with Gasteiger partial charge in [-0.1, -0.05) is 24.3 Å². The SMILES string of the molecule is CC(=O)c1cc(/N=N\c2ccc(/C=C\c3ccc(/N=N\c4ccc(O)c(C(=O)O)c4)cc3S(=O)(=O)O)c(S(=O)(=O)O)c2)ccc1O. The highest BCUT2D eigenvalue weighted by Gasteiger charge is 2.18. The molecular weight excluding hydrogens is 644 g/mol. The summed E-state index contributed by atoms with van der Waals surface area (Å²) in [5.74, 6) is -2.57. The standard InChI is InChI=1S/C29H22N4O11S2/c1-16(34)23-12-19(8-10-25(23)35)30-32-21-6-4-17(27(14-21)45(39,40)41)2-3-18-5-7-22(15-28(18)46(42,43)44)33-31-20-9-11-26(36)24(13-20)29(37)38/h2-15,35-36H,1H3,(H,37,38)(H,39,40,41)(H,42,43,44)/b3-2-,32-30-,33-31-. The van der Waals surface area contributed by atoms with Crippen molar-refractivity contribution in [3.05, 3.63) is 95.1 Å². The maximum Gasteiger partial charge on any atom is 0.339 e. The second-order valence-corrected chi connectivity index (χ2v) is 12.2. The Kier molecular flexibility index (Phi) is 9.52. The van der Waals surface area contributed by atoms with Crippen molar-refractivity contribution in [2.45, 2.75) is 16.7 Å². The van der Waals surface area contributed by atoms with E-state index in [-0.39, 0.29) is 45.2 Å². The maximum absolute atomic E-state index is 12.2. The van der Waals surface area contributed by atoms with Gasteiger partial charge in [0, 0.05) is 0 Å². The van der Waals surface area contributed by atoms with E-state index in [0.717, 1.165) is 36.4 Å². The number of phenols is 2. The van der Waals surface area contributed by atoms with Gasteiger partial charge in [-0.2, -0.15) is 37.3 Å². The number of carbonyl (C=O) groups is 2. The molecule has 0 aromatic heterocycles. The molecule has 4 rings (SSSR count). The summed E-state index contributed by atoms with van der Waals surface area (Å²) < 4.78 is 68.3. The van der Waals surface area contributed by atoms with Crippen molar-refractivity contribution >= 4 is 66.9 Å². The highest BCUT2D eigenvalue weighted by Crippen LogP contribution is 2.31. The molecule has 0 amide bonds. The maximum atomic E-state index is 12.2. The molecule has 17 heteroatoms. The van der Waals surface area contributed by atoms with Crippen molar-refractivity contribution in [3.63, 3.8) is 0 Å². The van der Waals surface area contributed by atoms with Gasteiger partial charge < -0.3 is 15.3 Å². The van der Waals surface area contributed by atoms with Crippen LogP contribution in [0.1, 0.15) is 38.8 Å². The summed E-state index contributed by atoms with van der Waals surface area (Å²) in [7, 11) is -9.69. The number of carboxylic acids is 1. The predicted octanol–water partition coefficient (Wildman–Crippen LogP) is 6.49. The number of hydrogen-bond acceptors (Lipinski definition) is 12. The largest absolute Gasteiger partial charge is 0.507 e. The first-order valence-electron chi connectivity index (χ1n) is 12.7. The van der Waals surface area contributed by atoms with Crippen molar-refractivity contribution in [1.82, 2.24) is 0 Å².